The first-order chi connectivity index (χ1) is 20.0. The molecule has 1 aliphatic carbocycles. The molecule has 0 atom stereocenters. The highest BCUT2D eigenvalue weighted by molar-refractivity contribution is 7.88. The minimum Gasteiger partial charge on any atom is -0.490 e. The van der Waals surface area contributed by atoms with Crippen molar-refractivity contribution in [3.63, 3.8) is 0 Å². The van der Waals surface area contributed by atoms with Gasteiger partial charge in [-0.3, -0.25) is 4.79 Å². The molecular weight excluding hydrogens is 570 g/mol. The molecule has 0 radical (unpaired) electrons. The molecule has 14 heteroatoms. The van der Waals surface area contributed by atoms with Gasteiger partial charge in [-0.25, -0.2) is 17.2 Å². The largest absolute Gasteiger partial charge is 0.490 e. The zero-order valence-electron chi connectivity index (χ0n) is 23.1. The van der Waals surface area contributed by atoms with Crippen molar-refractivity contribution >= 4 is 27.1 Å². The number of piperazine rings is 1. The van der Waals surface area contributed by atoms with Gasteiger partial charge in [0.1, 0.15) is 29.7 Å². The van der Waals surface area contributed by atoms with Gasteiger partial charge in [0, 0.05) is 49.9 Å². The van der Waals surface area contributed by atoms with E-state index < -0.39 is 27.2 Å². The van der Waals surface area contributed by atoms with Crippen LogP contribution in [0.25, 0.3) is 5.69 Å². The van der Waals surface area contributed by atoms with Gasteiger partial charge < -0.3 is 25.4 Å². The lowest BCUT2D eigenvalue weighted by atomic mass is 10.1. The molecular formula is C28H32F2N6O5S. The van der Waals surface area contributed by atoms with Crippen molar-refractivity contribution in [2.24, 2.45) is 5.41 Å². The molecule has 2 aliphatic heterocycles. The molecule has 3 N–H and O–H groups in total. The van der Waals surface area contributed by atoms with Crippen LogP contribution in [0.3, 0.4) is 0 Å². The van der Waals surface area contributed by atoms with Gasteiger partial charge >= 0.3 is 5.56 Å². The minimum atomic E-state index is -3.71. The highest BCUT2D eigenvalue weighted by atomic mass is 32.2. The van der Waals surface area contributed by atoms with Gasteiger partial charge in [-0.05, 0) is 42.7 Å². The van der Waals surface area contributed by atoms with Gasteiger partial charge in [-0.2, -0.15) is 14.1 Å². The number of aromatic nitrogens is 2. The number of nitrogens with zero attached hydrogens (tertiary/aromatic N) is 4. The van der Waals surface area contributed by atoms with Gasteiger partial charge in [-0.15, -0.1) is 0 Å². The summed E-state index contributed by atoms with van der Waals surface area (Å²) < 4.78 is 68.5. The molecule has 3 aliphatic rings. The Bertz CT molecular complexity index is 1670. The summed E-state index contributed by atoms with van der Waals surface area (Å²) in [5, 5.41) is 7.36. The summed E-state index contributed by atoms with van der Waals surface area (Å²) in [6, 6.07) is 6.11. The fourth-order valence-corrected chi connectivity index (χ4v) is 6.65. The molecule has 1 saturated heterocycles. The highest BCUT2D eigenvalue weighted by Crippen LogP contribution is 2.45. The molecule has 2 fully saturated rings. The van der Waals surface area contributed by atoms with Crippen LogP contribution in [0.5, 0.6) is 11.5 Å². The fourth-order valence-electron chi connectivity index (χ4n) is 5.10. The van der Waals surface area contributed by atoms with Crippen LogP contribution >= 0.6 is 0 Å². The van der Waals surface area contributed by atoms with Crippen molar-refractivity contribution in [2.75, 3.05) is 61.9 Å². The number of fused-ring (bicyclic) bond motifs is 1. The number of nitrogen functional groups attached to an aromatic ring is 1. The zero-order chi connectivity index (χ0) is 29.6. The zero-order valence-corrected chi connectivity index (χ0v) is 23.9. The summed E-state index contributed by atoms with van der Waals surface area (Å²) in [5.74, 6) is -1.37. The first-order valence-electron chi connectivity index (χ1n) is 13.7. The van der Waals surface area contributed by atoms with E-state index in [9.17, 15) is 22.0 Å². The van der Waals surface area contributed by atoms with Crippen LogP contribution < -0.4 is 31.0 Å². The van der Waals surface area contributed by atoms with Crippen molar-refractivity contribution in [2.45, 2.75) is 25.5 Å². The van der Waals surface area contributed by atoms with Gasteiger partial charge in [-0.1, -0.05) is 6.92 Å². The van der Waals surface area contributed by atoms with E-state index >= 15 is 0 Å². The number of anilines is 3. The number of nitrogens with one attached hydrogen (secondary N) is 1. The second-order valence-corrected chi connectivity index (χ2v) is 13.2. The number of ether oxygens (including phenoxy) is 2. The van der Waals surface area contributed by atoms with Gasteiger partial charge in [0.2, 0.25) is 15.8 Å². The summed E-state index contributed by atoms with van der Waals surface area (Å²) >= 11 is 0. The number of halogens is 2. The van der Waals surface area contributed by atoms with E-state index in [0.29, 0.717) is 48.5 Å². The number of sulfonamides is 1. The highest BCUT2D eigenvalue weighted by Gasteiger charge is 2.39. The molecule has 1 saturated carbocycles. The fraction of sp³-hybridized carbons (Fsp3) is 0.429. The quantitative estimate of drug-likeness (QED) is 0.374. The Labute approximate surface area is 241 Å². The Kier molecular flexibility index (Phi) is 7.21. The number of nitrogens with two attached hydrogens (primary N) is 1. The summed E-state index contributed by atoms with van der Waals surface area (Å²) in [7, 11) is -3.71. The third-order valence-electron chi connectivity index (χ3n) is 7.90. The van der Waals surface area contributed by atoms with E-state index in [0.717, 1.165) is 35.3 Å². The van der Waals surface area contributed by atoms with Crippen molar-refractivity contribution in [1.29, 1.82) is 0 Å². The Morgan fingerprint density at radius 1 is 1.10 bits per heavy atom. The van der Waals surface area contributed by atoms with Crippen molar-refractivity contribution in [1.82, 2.24) is 14.1 Å². The van der Waals surface area contributed by atoms with Crippen molar-refractivity contribution in [3.8, 4) is 17.2 Å². The third kappa shape index (κ3) is 5.73. The molecule has 42 heavy (non-hydrogen) atoms. The van der Waals surface area contributed by atoms with E-state index in [1.807, 2.05) is 4.90 Å². The molecule has 3 heterocycles. The molecule has 11 nitrogen and oxygen atoms in total. The summed E-state index contributed by atoms with van der Waals surface area (Å²) in [6.07, 6.45) is 3.34. The summed E-state index contributed by atoms with van der Waals surface area (Å²) in [5.41, 5.74) is 7.36. The number of benzene rings is 2. The predicted molar refractivity (Wildman–Crippen MR) is 154 cm³/mol. The Hall–Kier alpha value is -3.91. The predicted octanol–water partition coefficient (Wildman–Crippen LogP) is 2.73. The van der Waals surface area contributed by atoms with Crippen LogP contribution in [-0.4, -0.2) is 68.4 Å². The van der Waals surface area contributed by atoms with Crippen molar-refractivity contribution < 1.29 is 26.7 Å². The molecule has 0 bridgehead atoms. The molecule has 0 spiro atoms. The Morgan fingerprint density at radius 3 is 2.50 bits per heavy atom. The molecule has 2 aromatic carbocycles. The first kappa shape index (κ1) is 28.2. The number of rotatable bonds is 8. The lowest BCUT2D eigenvalue weighted by Gasteiger charge is -2.36. The van der Waals surface area contributed by atoms with Crippen LogP contribution in [0.2, 0.25) is 0 Å². The maximum absolute atomic E-state index is 13.9. The van der Waals surface area contributed by atoms with Gasteiger partial charge in [0.05, 0.1) is 29.9 Å². The molecule has 6 rings (SSSR count). The topological polar surface area (TPSA) is 132 Å². The minimum absolute atomic E-state index is 0.00884. The van der Waals surface area contributed by atoms with E-state index in [4.69, 9.17) is 15.2 Å². The van der Waals surface area contributed by atoms with E-state index in [1.165, 1.54) is 10.5 Å². The smallest absolute Gasteiger partial charge is 0.316 e. The first-order valence-corrected chi connectivity index (χ1v) is 15.4. The normalized spacial score (nSPS) is 18.1. The molecule has 0 amide bonds. The van der Waals surface area contributed by atoms with Crippen LogP contribution in [0.15, 0.2) is 41.3 Å². The van der Waals surface area contributed by atoms with Crippen LogP contribution in [0, 0.1) is 17.0 Å². The monoisotopic (exact) mass is 602 g/mol. The average molecular weight is 603 g/mol. The van der Waals surface area contributed by atoms with Crippen LogP contribution in [-0.2, 0) is 15.8 Å². The number of hydrogen-bond donors (Lipinski definition) is 2. The summed E-state index contributed by atoms with van der Waals surface area (Å²) in [6.45, 7) is 4.37. The van der Waals surface area contributed by atoms with E-state index in [1.54, 1.807) is 12.1 Å². The second-order valence-electron chi connectivity index (χ2n) is 11.3. The maximum atomic E-state index is 13.9. The second kappa shape index (κ2) is 10.7. The van der Waals surface area contributed by atoms with Crippen molar-refractivity contribution in [3.05, 3.63) is 64.1 Å². The molecule has 3 aromatic rings. The van der Waals surface area contributed by atoms with E-state index in [-0.39, 0.29) is 48.8 Å². The Morgan fingerprint density at radius 2 is 1.81 bits per heavy atom. The maximum Gasteiger partial charge on any atom is 0.316 e. The lowest BCUT2D eigenvalue weighted by Crippen LogP contribution is -2.49. The summed E-state index contributed by atoms with van der Waals surface area (Å²) in [4.78, 5) is 15.4. The number of hydrogen-bond acceptors (Lipinski definition) is 9. The van der Waals surface area contributed by atoms with Gasteiger partial charge in [0.15, 0.2) is 0 Å². The lowest BCUT2D eigenvalue weighted by molar-refractivity contribution is 0.242. The van der Waals surface area contributed by atoms with Crippen LogP contribution in [0.1, 0.15) is 25.3 Å². The van der Waals surface area contributed by atoms with Crippen LogP contribution in [0.4, 0.5) is 25.8 Å². The third-order valence-corrected chi connectivity index (χ3v) is 9.73. The van der Waals surface area contributed by atoms with Gasteiger partial charge in [0.25, 0.3) is 0 Å². The SMILES string of the molecule is CC1(COc2c(N3CCN(S(=O)(=O)Cc4cc5c(cc4N)NCCO5)CC3)cnn(-c3cc(F)cc(F)c3)c2=O)CC1. The molecule has 1 aromatic heterocycles. The average Bonchev–Trinajstić information content (AvgIpc) is 3.69. The molecule has 224 valence electrons. The van der Waals surface area contributed by atoms with E-state index in [2.05, 4.69) is 17.3 Å². The Balaban J connectivity index is 1.22. The molecule has 0 unspecified atom stereocenters. The standard InChI is InChI=1S/C28H32F2N6O5S/c1-28(2-3-28)17-41-26-24(15-33-36(27(26)37)21-12-19(29)11-20(30)13-21)34-5-7-35(8-6-34)42(38,39)16-18-10-25-23(14-22(18)31)32-4-9-40-25/h10-15,32H,2-9,16-17,31H2,1H3.